The van der Waals surface area contributed by atoms with Crippen molar-refractivity contribution in [3.8, 4) is 11.1 Å². The molecular formula is C18H19N3O. The summed E-state index contributed by atoms with van der Waals surface area (Å²) in [5, 5.41) is 3.28. The third kappa shape index (κ3) is 2.29. The van der Waals surface area contributed by atoms with Crippen LogP contribution in [-0.4, -0.2) is 42.0 Å². The van der Waals surface area contributed by atoms with Crippen molar-refractivity contribution in [2.45, 2.75) is 12.8 Å². The number of hydrogen-bond donors (Lipinski definition) is 1. The van der Waals surface area contributed by atoms with Gasteiger partial charge < -0.3 is 10.2 Å². The van der Waals surface area contributed by atoms with Gasteiger partial charge in [-0.3, -0.25) is 9.78 Å². The highest BCUT2D eigenvalue weighted by atomic mass is 16.2. The second-order valence-corrected chi connectivity index (χ2v) is 5.93. The van der Waals surface area contributed by atoms with E-state index in [1.807, 2.05) is 17.2 Å². The van der Waals surface area contributed by atoms with Crippen molar-refractivity contribution in [1.82, 2.24) is 15.2 Å². The van der Waals surface area contributed by atoms with E-state index in [0.29, 0.717) is 6.42 Å². The molecule has 4 rings (SSSR count). The number of rotatable bonds is 2. The monoisotopic (exact) mass is 293 g/mol. The number of hydrogen-bond acceptors (Lipinski definition) is 3. The Morgan fingerprint density at radius 2 is 2.00 bits per heavy atom. The molecule has 0 radical (unpaired) electrons. The zero-order valence-corrected chi connectivity index (χ0v) is 12.5. The van der Waals surface area contributed by atoms with Crippen molar-refractivity contribution >= 4 is 5.91 Å². The summed E-state index contributed by atoms with van der Waals surface area (Å²) in [6, 6.07) is 10.4. The Labute approximate surface area is 130 Å². The lowest BCUT2D eigenvalue weighted by atomic mass is 9.99. The van der Waals surface area contributed by atoms with Crippen LogP contribution in [0.3, 0.4) is 0 Å². The van der Waals surface area contributed by atoms with E-state index in [9.17, 15) is 4.79 Å². The van der Waals surface area contributed by atoms with E-state index in [2.05, 4.69) is 34.6 Å². The van der Waals surface area contributed by atoms with Crippen molar-refractivity contribution in [3.05, 3.63) is 53.3 Å². The lowest BCUT2D eigenvalue weighted by Crippen LogP contribution is -2.47. The molecule has 0 saturated carbocycles. The number of pyridine rings is 1. The fourth-order valence-electron chi connectivity index (χ4n) is 3.45. The second kappa shape index (κ2) is 5.54. The molecule has 1 saturated heterocycles. The van der Waals surface area contributed by atoms with Crippen LogP contribution in [0.5, 0.6) is 0 Å². The van der Waals surface area contributed by atoms with E-state index in [0.717, 1.165) is 43.9 Å². The van der Waals surface area contributed by atoms with Gasteiger partial charge in [0.25, 0.3) is 0 Å². The van der Waals surface area contributed by atoms with Crippen LogP contribution in [0.2, 0.25) is 0 Å². The van der Waals surface area contributed by atoms with Gasteiger partial charge in [0, 0.05) is 44.4 Å². The number of nitrogens with zero attached hydrogens (tertiary/aromatic N) is 2. The molecule has 4 heteroatoms. The molecule has 0 atom stereocenters. The molecule has 1 aliphatic heterocycles. The van der Waals surface area contributed by atoms with Gasteiger partial charge in [-0.25, -0.2) is 0 Å². The zero-order valence-electron chi connectivity index (χ0n) is 12.5. The first kappa shape index (κ1) is 13.5. The number of piperazine rings is 1. The molecule has 1 aromatic carbocycles. The molecule has 1 aliphatic carbocycles. The first-order chi connectivity index (χ1) is 10.8. The van der Waals surface area contributed by atoms with Crippen molar-refractivity contribution in [2.75, 3.05) is 26.2 Å². The van der Waals surface area contributed by atoms with E-state index in [1.54, 1.807) is 0 Å². The first-order valence-corrected chi connectivity index (χ1v) is 7.86. The SMILES string of the molecule is O=C(Cc1ccnc2c1-c1ccccc1C2)N1CCNCC1. The molecule has 4 nitrogen and oxygen atoms in total. The van der Waals surface area contributed by atoms with E-state index in [-0.39, 0.29) is 5.91 Å². The molecule has 2 aliphatic rings. The highest BCUT2D eigenvalue weighted by Crippen LogP contribution is 2.37. The number of amides is 1. The van der Waals surface area contributed by atoms with Crippen LogP contribution < -0.4 is 5.32 Å². The van der Waals surface area contributed by atoms with E-state index in [1.165, 1.54) is 16.7 Å². The van der Waals surface area contributed by atoms with Crippen molar-refractivity contribution in [2.24, 2.45) is 0 Å². The average Bonchev–Trinajstić information content (AvgIpc) is 2.95. The van der Waals surface area contributed by atoms with Crippen LogP contribution in [0.4, 0.5) is 0 Å². The molecule has 0 unspecified atom stereocenters. The Kier molecular flexibility index (Phi) is 3.39. The largest absolute Gasteiger partial charge is 0.340 e. The summed E-state index contributed by atoms with van der Waals surface area (Å²) < 4.78 is 0. The Bertz CT molecular complexity index is 720. The van der Waals surface area contributed by atoms with Crippen LogP contribution >= 0.6 is 0 Å². The molecule has 2 heterocycles. The molecule has 1 fully saturated rings. The molecule has 1 N–H and O–H groups in total. The number of fused-ring (bicyclic) bond motifs is 3. The Balaban J connectivity index is 1.65. The number of carbonyl (C=O) groups excluding carboxylic acids is 1. The maximum atomic E-state index is 12.6. The third-order valence-corrected chi connectivity index (χ3v) is 4.57. The fraction of sp³-hybridized carbons (Fsp3) is 0.333. The van der Waals surface area contributed by atoms with Gasteiger partial charge in [-0.2, -0.15) is 0 Å². The quantitative estimate of drug-likeness (QED) is 0.781. The lowest BCUT2D eigenvalue weighted by Gasteiger charge is -2.27. The molecule has 112 valence electrons. The van der Waals surface area contributed by atoms with Crippen LogP contribution in [0.1, 0.15) is 16.8 Å². The smallest absolute Gasteiger partial charge is 0.227 e. The summed E-state index contributed by atoms with van der Waals surface area (Å²) in [6.45, 7) is 3.40. The summed E-state index contributed by atoms with van der Waals surface area (Å²) in [5.74, 6) is 0.222. The lowest BCUT2D eigenvalue weighted by molar-refractivity contribution is -0.131. The average molecular weight is 293 g/mol. The number of nitrogens with one attached hydrogen (secondary N) is 1. The maximum Gasteiger partial charge on any atom is 0.227 e. The first-order valence-electron chi connectivity index (χ1n) is 7.86. The van der Waals surface area contributed by atoms with E-state index >= 15 is 0 Å². The van der Waals surface area contributed by atoms with Gasteiger partial charge in [0.1, 0.15) is 0 Å². The summed E-state index contributed by atoms with van der Waals surface area (Å²) >= 11 is 0. The highest BCUT2D eigenvalue weighted by Gasteiger charge is 2.24. The molecule has 1 amide bonds. The van der Waals surface area contributed by atoms with Gasteiger partial charge in [0.05, 0.1) is 12.1 Å². The Morgan fingerprint density at radius 3 is 2.86 bits per heavy atom. The molecule has 0 spiro atoms. The van der Waals surface area contributed by atoms with Crippen LogP contribution in [0.15, 0.2) is 36.5 Å². The van der Waals surface area contributed by atoms with E-state index < -0.39 is 0 Å². The Hall–Kier alpha value is -2.20. The second-order valence-electron chi connectivity index (χ2n) is 5.93. The van der Waals surface area contributed by atoms with Gasteiger partial charge in [-0.15, -0.1) is 0 Å². The van der Waals surface area contributed by atoms with Crippen LogP contribution in [-0.2, 0) is 17.6 Å². The molecular weight excluding hydrogens is 274 g/mol. The van der Waals surface area contributed by atoms with Gasteiger partial charge in [-0.05, 0) is 22.8 Å². The minimum absolute atomic E-state index is 0.222. The Morgan fingerprint density at radius 1 is 1.18 bits per heavy atom. The molecule has 22 heavy (non-hydrogen) atoms. The summed E-state index contributed by atoms with van der Waals surface area (Å²) in [4.78, 5) is 19.0. The fourth-order valence-corrected chi connectivity index (χ4v) is 3.45. The summed E-state index contributed by atoms with van der Waals surface area (Å²) in [6.07, 6.45) is 3.19. The summed E-state index contributed by atoms with van der Waals surface area (Å²) in [7, 11) is 0. The molecule has 2 aromatic rings. The van der Waals surface area contributed by atoms with Crippen LogP contribution in [0.25, 0.3) is 11.1 Å². The molecule has 0 bridgehead atoms. The standard InChI is InChI=1S/C18H19N3O/c22-17(21-9-7-19-8-10-21)12-14-5-6-20-16-11-13-3-1-2-4-15(13)18(14)16/h1-6,19H,7-12H2. The van der Waals surface area contributed by atoms with Crippen molar-refractivity contribution < 1.29 is 4.79 Å². The highest BCUT2D eigenvalue weighted by molar-refractivity contribution is 5.85. The van der Waals surface area contributed by atoms with Gasteiger partial charge in [-0.1, -0.05) is 24.3 Å². The predicted molar refractivity (Wildman–Crippen MR) is 85.6 cm³/mol. The van der Waals surface area contributed by atoms with Crippen LogP contribution in [0, 0.1) is 0 Å². The topological polar surface area (TPSA) is 45.2 Å². The van der Waals surface area contributed by atoms with Crippen molar-refractivity contribution in [1.29, 1.82) is 0 Å². The molecule has 1 aromatic heterocycles. The van der Waals surface area contributed by atoms with Gasteiger partial charge in [0.2, 0.25) is 5.91 Å². The van der Waals surface area contributed by atoms with Gasteiger partial charge >= 0.3 is 0 Å². The maximum absolute atomic E-state index is 12.6. The summed E-state index contributed by atoms with van der Waals surface area (Å²) in [5.41, 5.74) is 5.95. The van der Waals surface area contributed by atoms with E-state index in [4.69, 9.17) is 0 Å². The normalized spacial score (nSPS) is 16.3. The number of aromatic nitrogens is 1. The predicted octanol–water partition coefficient (Wildman–Crippen LogP) is 1.63. The number of benzene rings is 1. The van der Waals surface area contributed by atoms with Crippen molar-refractivity contribution in [3.63, 3.8) is 0 Å². The minimum Gasteiger partial charge on any atom is -0.340 e. The third-order valence-electron chi connectivity index (χ3n) is 4.57. The minimum atomic E-state index is 0.222. The van der Waals surface area contributed by atoms with Gasteiger partial charge in [0.15, 0.2) is 0 Å². The number of carbonyl (C=O) groups is 1. The zero-order chi connectivity index (χ0) is 14.9.